The van der Waals surface area contributed by atoms with Gasteiger partial charge in [0.15, 0.2) is 0 Å². The molecule has 9 rings (SSSR count). The van der Waals surface area contributed by atoms with Gasteiger partial charge in [-0.3, -0.25) is 9.55 Å². The van der Waals surface area contributed by atoms with Crippen molar-refractivity contribution in [2.24, 2.45) is 0 Å². The zero-order valence-corrected chi connectivity index (χ0v) is 34.3. The number of nitrogens with zero attached hydrogens (tertiary/aromatic N) is 3. The predicted molar refractivity (Wildman–Crippen MR) is 251 cm³/mol. The van der Waals surface area contributed by atoms with Crippen molar-refractivity contribution >= 4 is 11.0 Å². The summed E-state index contributed by atoms with van der Waals surface area (Å²) >= 11 is 0. The zero-order valence-electron chi connectivity index (χ0n) is 45.3. The molecule has 0 aliphatic carbocycles. The Balaban J connectivity index is 1.39. The standard InChI is InChI=1S/C56H49N3O/c1-36-28-38(3)54(60-7)49(29-36)55-58-53-46(43-31-44(33-45(32-43)56(4,5)6)50-34-42(26-27-57-50)39-18-11-8-12-19-39)24-17-25-51(53)59(55)52-35-47(40-20-13-9-14-21-40)37(2)30-48(52)41-22-15-10-16-23-41/h8-35H,1-7H3/i2D3,8D,11D,12D,18D,19D,26D,27D,34D. The van der Waals surface area contributed by atoms with Gasteiger partial charge < -0.3 is 4.74 Å². The van der Waals surface area contributed by atoms with Gasteiger partial charge in [0, 0.05) is 27.0 Å². The molecule has 9 aromatic rings. The van der Waals surface area contributed by atoms with Crippen LogP contribution in [-0.4, -0.2) is 21.6 Å². The van der Waals surface area contributed by atoms with Gasteiger partial charge in [0.2, 0.25) is 0 Å². The molecule has 0 aliphatic rings. The molecule has 0 aliphatic heterocycles. The highest BCUT2D eigenvalue weighted by Crippen LogP contribution is 2.44. The number of fused-ring (bicyclic) bond motifs is 1. The van der Waals surface area contributed by atoms with E-state index in [4.69, 9.17) is 23.4 Å². The molecule has 7 aromatic carbocycles. The minimum Gasteiger partial charge on any atom is -0.496 e. The summed E-state index contributed by atoms with van der Waals surface area (Å²) in [6.45, 7) is 7.65. The first-order valence-electron chi connectivity index (χ1n) is 25.3. The number of rotatable bonds is 8. The first-order valence-corrected chi connectivity index (χ1v) is 19.8. The van der Waals surface area contributed by atoms with Crippen LogP contribution in [-0.2, 0) is 5.41 Å². The number of ether oxygens (including phenoxy) is 1. The number of pyridine rings is 1. The number of para-hydroxylation sites is 1. The Bertz CT molecular complexity index is 3570. The number of benzene rings is 7. The summed E-state index contributed by atoms with van der Waals surface area (Å²) in [6.07, 6.45) is -0.526. The van der Waals surface area contributed by atoms with Gasteiger partial charge in [-0.1, -0.05) is 136 Å². The summed E-state index contributed by atoms with van der Waals surface area (Å²) in [5.41, 5.74) is 8.93. The van der Waals surface area contributed by atoms with E-state index in [9.17, 15) is 1.37 Å². The summed E-state index contributed by atoms with van der Waals surface area (Å²) < 4.78 is 104. The Morgan fingerprint density at radius 1 is 0.617 bits per heavy atom. The second-order valence-corrected chi connectivity index (χ2v) is 16.0. The minimum absolute atomic E-state index is 0.00572. The maximum Gasteiger partial charge on any atom is 0.149 e. The fourth-order valence-electron chi connectivity index (χ4n) is 7.93. The third-order valence-corrected chi connectivity index (χ3v) is 10.8. The van der Waals surface area contributed by atoms with Crippen LogP contribution in [0.25, 0.3) is 83.9 Å². The molecule has 4 heteroatoms. The second kappa shape index (κ2) is 15.6. The summed E-state index contributed by atoms with van der Waals surface area (Å²) in [7, 11) is 1.63. The van der Waals surface area contributed by atoms with Crippen molar-refractivity contribution in [2.45, 2.75) is 46.9 Å². The predicted octanol–water partition coefficient (Wildman–Crippen LogP) is 14.7. The van der Waals surface area contributed by atoms with Gasteiger partial charge in [-0.2, -0.15) is 0 Å². The van der Waals surface area contributed by atoms with E-state index >= 15 is 0 Å². The Morgan fingerprint density at radius 2 is 1.33 bits per heavy atom. The molecule has 0 bridgehead atoms. The van der Waals surface area contributed by atoms with Crippen LogP contribution in [0, 0.1) is 20.7 Å². The van der Waals surface area contributed by atoms with Crippen molar-refractivity contribution in [1.29, 1.82) is 0 Å². The van der Waals surface area contributed by atoms with Crippen molar-refractivity contribution in [2.75, 3.05) is 7.11 Å². The van der Waals surface area contributed by atoms with Crippen LogP contribution in [0.4, 0.5) is 0 Å². The van der Waals surface area contributed by atoms with Crippen LogP contribution >= 0.6 is 0 Å². The maximum atomic E-state index is 9.53. The fraction of sp³-hybridized carbons (Fsp3) is 0.143. The smallest absolute Gasteiger partial charge is 0.149 e. The van der Waals surface area contributed by atoms with Gasteiger partial charge >= 0.3 is 0 Å². The Labute approximate surface area is 369 Å². The Morgan fingerprint density at radius 3 is 2.03 bits per heavy atom. The van der Waals surface area contributed by atoms with E-state index in [0.717, 1.165) is 27.8 Å². The van der Waals surface area contributed by atoms with Gasteiger partial charge in [0.1, 0.15) is 11.6 Å². The second-order valence-electron chi connectivity index (χ2n) is 16.0. The van der Waals surface area contributed by atoms with Crippen LogP contribution < -0.4 is 4.74 Å². The molecule has 0 radical (unpaired) electrons. The molecule has 0 amide bonds. The molecule has 0 fully saturated rings. The van der Waals surface area contributed by atoms with Crippen LogP contribution in [0.3, 0.4) is 0 Å². The SMILES string of the molecule is [2H]c1nc(-c2cc(-c3cccc4c3nc(-c3cc(C)cc(C)c3OC)n4-c3cc(-c4ccccc4)c(C([2H])([2H])[2H])cc3-c3ccccc3)cc(C(C)(C)C)c2)c([2H])c(-c2c([2H])c([2H])c([2H])c([2H])c2[2H])c1[2H]. The average Bonchev–Trinajstić information content (AvgIpc) is 3.74. The number of methoxy groups -OCH3 is 1. The summed E-state index contributed by atoms with van der Waals surface area (Å²) in [5.74, 6) is 1.15. The molecular formula is C56H49N3O. The van der Waals surface area contributed by atoms with Gasteiger partial charge in [-0.25, -0.2) is 4.98 Å². The highest BCUT2D eigenvalue weighted by molar-refractivity contribution is 5.98. The average molecular weight is 791 g/mol. The fourth-order valence-corrected chi connectivity index (χ4v) is 7.93. The van der Waals surface area contributed by atoms with E-state index in [1.54, 1.807) is 13.2 Å². The van der Waals surface area contributed by atoms with E-state index in [1.165, 1.54) is 0 Å². The molecular weight excluding hydrogens is 731 g/mol. The summed E-state index contributed by atoms with van der Waals surface area (Å²) in [6, 6.07) is 34.6. The van der Waals surface area contributed by atoms with Gasteiger partial charge in [0.25, 0.3) is 0 Å². The number of imidazole rings is 1. The van der Waals surface area contributed by atoms with Crippen molar-refractivity contribution in [1.82, 2.24) is 14.5 Å². The largest absolute Gasteiger partial charge is 0.496 e. The molecule has 0 saturated carbocycles. The van der Waals surface area contributed by atoms with Crippen molar-refractivity contribution in [3.05, 3.63) is 192 Å². The summed E-state index contributed by atoms with van der Waals surface area (Å²) in [4.78, 5) is 10.0. The van der Waals surface area contributed by atoms with Crippen LogP contribution in [0.1, 0.15) is 58.1 Å². The first-order chi connectivity index (χ1) is 33.6. The van der Waals surface area contributed by atoms with E-state index in [-0.39, 0.29) is 28.4 Å². The number of hydrogen-bond donors (Lipinski definition) is 0. The summed E-state index contributed by atoms with van der Waals surface area (Å²) in [5, 5.41) is 0. The van der Waals surface area contributed by atoms with Gasteiger partial charge in [-0.15, -0.1) is 0 Å². The Kier molecular flexibility index (Phi) is 7.19. The molecule has 0 N–H and O–H groups in total. The minimum atomic E-state index is -2.47. The number of aryl methyl sites for hydroxylation is 3. The monoisotopic (exact) mass is 790 g/mol. The lowest BCUT2D eigenvalue weighted by molar-refractivity contribution is 0.413. The third-order valence-electron chi connectivity index (χ3n) is 10.8. The molecule has 2 heterocycles. The quantitative estimate of drug-likeness (QED) is 0.154. The molecule has 0 unspecified atom stereocenters. The maximum absolute atomic E-state index is 9.53. The zero-order chi connectivity index (χ0) is 51.0. The molecule has 2 aromatic heterocycles. The molecule has 60 heavy (non-hydrogen) atoms. The van der Waals surface area contributed by atoms with E-state index < -0.39 is 54.7 Å². The Hall–Kier alpha value is -7.04. The normalized spacial score (nSPS) is 14.4. The van der Waals surface area contributed by atoms with Crippen molar-refractivity contribution in [3.63, 3.8) is 0 Å². The van der Waals surface area contributed by atoms with E-state index in [1.807, 2.05) is 150 Å². The third kappa shape index (κ3) is 7.20. The van der Waals surface area contributed by atoms with E-state index in [2.05, 4.69) is 9.55 Å². The molecule has 0 atom stereocenters. The van der Waals surface area contributed by atoms with Crippen LogP contribution in [0.2, 0.25) is 0 Å². The first kappa shape index (κ1) is 27.6. The topological polar surface area (TPSA) is 39.9 Å². The lowest BCUT2D eigenvalue weighted by Crippen LogP contribution is -2.11. The molecule has 4 nitrogen and oxygen atoms in total. The highest BCUT2D eigenvalue weighted by atomic mass is 16.5. The number of aromatic nitrogens is 3. The number of hydrogen-bond acceptors (Lipinski definition) is 3. The molecule has 0 saturated heterocycles. The highest BCUT2D eigenvalue weighted by Gasteiger charge is 2.25. The lowest BCUT2D eigenvalue weighted by Gasteiger charge is -2.22. The van der Waals surface area contributed by atoms with E-state index in [0.29, 0.717) is 61.7 Å². The van der Waals surface area contributed by atoms with Gasteiger partial charge in [-0.05, 0) is 130 Å². The molecule has 0 spiro atoms. The lowest BCUT2D eigenvalue weighted by atomic mass is 9.83. The van der Waals surface area contributed by atoms with Gasteiger partial charge in [0.05, 0.1) is 46.1 Å². The molecule has 294 valence electrons. The van der Waals surface area contributed by atoms with Crippen LogP contribution in [0.5, 0.6) is 5.75 Å². The van der Waals surface area contributed by atoms with Crippen LogP contribution in [0.15, 0.2) is 170 Å². The van der Waals surface area contributed by atoms with Crippen molar-refractivity contribution < 1.29 is 19.8 Å². The van der Waals surface area contributed by atoms with Crippen molar-refractivity contribution in [3.8, 4) is 78.6 Å².